The number of alkyl halides is 3. The molecule has 3 rings (SSSR count). The fourth-order valence-corrected chi connectivity index (χ4v) is 2.72. The summed E-state index contributed by atoms with van der Waals surface area (Å²) in [5.41, 5.74) is 6.03. The molecule has 0 saturated heterocycles. The maximum Gasteiger partial charge on any atom is 0.430 e. The number of anilines is 1. The van der Waals surface area contributed by atoms with Crippen molar-refractivity contribution in [2.75, 3.05) is 5.73 Å². The third-order valence-electron chi connectivity index (χ3n) is 3.71. The molecule has 27 heavy (non-hydrogen) atoms. The Labute approximate surface area is 157 Å². The lowest BCUT2D eigenvalue weighted by Crippen LogP contribution is -2.40. The van der Waals surface area contributed by atoms with E-state index in [2.05, 4.69) is 11.8 Å². The van der Waals surface area contributed by atoms with Crippen LogP contribution in [0.5, 0.6) is 5.75 Å². The fourth-order valence-electron chi connectivity index (χ4n) is 2.49. The minimum atomic E-state index is -4.90. The quantitative estimate of drug-likeness (QED) is 0.565. The molecule has 0 aromatic heterocycles. The smallest absolute Gasteiger partial charge is 0.430 e. The topological polar surface area (TPSA) is 72.5 Å². The summed E-state index contributed by atoms with van der Waals surface area (Å²) >= 11 is 6.00. The number of nitrogens with two attached hydrogens (primary N) is 1. The Kier molecular flexibility index (Phi) is 4.77. The van der Waals surface area contributed by atoms with Gasteiger partial charge >= 0.3 is 12.1 Å². The maximum absolute atomic E-state index is 13.2. The van der Waals surface area contributed by atoms with E-state index in [4.69, 9.17) is 27.2 Å². The molecule has 0 saturated carbocycles. The van der Waals surface area contributed by atoms with Crippen molar-refractivity contribution in [1.82, 2.24) is 0 Å². The van der Waals surface area contributed by atoms with Crippen molar-refractivity contribution < 1.29 is 27.8 Å². The van der Waals surface area contributed by atoms with Gasteiger partial charge in [-0.05, 0) is 42.5 Å². The van der Waals surface area contributed by atoms with Gasteiger partial charge in [-0.15, -0.1) is 0 Å². The van der Waals surface area contributed by atoms with E-state index in [1.165, 1.54) is 12.1 Å². The van der Waals surface area contributed by atoms with Crippen LogP contribution in [0, 0.1) is 11.8 Å². The Morgan fingerprint density at radius 2 is 1.85 bits per heavy atom. The lowest BCUT2D eigenvalue weighted by molar-refractivity contribution is -0.187. The van der Waals surface area contributed by atoms with E-state index in [-0.39, 0.29) is 21.9 Å². The number of nitrogen functional groups attached to an aromatic ring is 1. The third kappa shape index (κ3) is 4.01. The minimum Gasteiger partial charge on any atom is -0.478 e. The molecule has 1 aliphatic heterocycles. The summed E-state index contributed by atoms with van der Waals surface area (Å²) in [6.45, 7) is 0. The molecule has 0 radical (unpaired) electrons. The molecule has 4 nitrogen and oxygen atoms in total. The van der Waals surface area contributed by atoms with E-state index in [1.807, 2.05) is 0 Å². The fraction of sp³-hybridized carbons (Fsp3) is 0.105. The van der Waals surface area contributed by atoms with Crippen LogP contribution in [-0.4, -0.2) is 23.4 Å². The minimum absolute atomic E-state index is 0.113. The number of aliphatic carboxylic acids is 1. The highest BCUT2D eigenvalue weighted by Crippen LogP contribution is 2.40. The van der Waals surface area contributed by atoms with Gasteiger partial charge < -0.3 is 15.6 Å². The molecule has 138 valence electrons. The lowest BCUT2D eigenvalue weighted by Gasteiger charge is -2.27. The highest BCUT2D eigenvalue weighted by molar-refractivity contribution is 6.31. The van der Waals surface area contributed by atoms with Crippen LogP contribution in [0.1, 0.15) is 16.7 Å². The largest absolute Gasteiger partial charge is 0.478 e. The van der Waals surface area contributed by atoms with Crippen LogP contribution in [0.2, 0.25) is 5.02 Å². The molecule has 1 unspecified atom stereocenters. The highest BCUT2D eigenvalue weighted by Gasteiger charge is 2.48. The second-order valence-electron chi connectivity index (χ2n) is 5.69. The summed E-state index contributed by atoms with van der Waals surface area (Å²) in [7, 11) is 0. The van der Waals surface area contributed by atoms with Gasteiger partial charge in [-0.25, -0.2) is 4.79 Å². The molecule has 0 fully saturated rings. The monoisotopic (exact) mass is 393 g/mol. The summed E-state index contributed by atoms with van der Waals surface area (Å²) in [5.74, 6) is 3.62. The summed E-state index contributed by atoms with van der Waals surface area (Å²) < 4.78 is 44.7. The Balaban J connectivity index is 2.11. The van der Waals surface area contributed by atoms with Gasteiger partial charge in [0.05, 0.1) is 11.1 Å². The molecule has 2 aromatic rings. The van der Waals surface area contributed by atoms with Gasteiger partial charge in [0, 0.05) is 21.8 Å². The zero-order valence-corrected chi connectivity index (χ0v) is 14.2. The average Bonchev–Trinajstić information content (AvgIpc) is 2.58. The molecule has 0 aliphatic carbocycles. The normalized spacial score (nSPS) is 15.7. The molecule has 0 bridgehead atoms. The summed E-state index contributed by atoms with van der Waals surface area (Å²) in [5, 5.41) is 9.28. The van der Waals surface area contributed by atoms with Gasteiger partial charge in [0.15, 0.2) is 0 Å². The number of hydrogen-bond donors (Lipinski definition) is 2. The van der Waals surface area contributed by atoms with Crippen molar-refractivity contribution in [3.8, 4) is 17.6 Å². The molecule has 1 aliphatic rings. The van der Waals surface area contributed by atoms with Gasteiger partial charge in [0.1, 0.15) is 5.75 Å². The van der Waals surface area contributed by atoms with Gasteiger partial charge in [-0.3, -0.25) is 0 Å². The Bertz CT molecular complexity index is 1000. The summed E-state index contributed by atoms with van der Waals surface area (Å²) in [4.78, 5) is 11.2. The standard InChI is InChI=1S/C19H11ClF3NO3/c20-13-7-11(4-1-10-2-5-14(24)6-3-10)16-12(8-13)9-15(18(25)26)17(27-16)19(21,22)23/h2-3,5-9,17H,24H2,(H,25,26). The van der Waals surface area contributed by atoms with Crippen molar-refractivity contribution in [3.63, 3.8) is 0 Å². The molecule has 1 atom stereocenters. The predicted octanol–water partition coefficient (Wildman–Crippen LogP) is 4.11. The Hall–Kier alpha value is -3.11. The van der Waals surface area contributed by atoms with Gasteiger partial charge in [0.25, 0.3) is 0 Å². The predicted molar refractivity (Wildman–Crippen MR) is 94.4 cm³/mol. The van der Waals surface area contributed by atoms with Crippen LogP contribution in [-0.2, 0) is 4.79 Å². The summed E-state index contributed by atoms with van der Waals surface area (Å²) in [6.07, 6.45) is -6.59. The van der Waals surface area contributed by atoms with Crippen LogP contribution in [0.15, 0.2) is 42.0 Å². The zero-order chi connectivity index (χ0) is 19.8. The second-order valence-corrected chi connectivity index (χ2v) is 6.12. The van der Waals surface area contributed by atoms with E-state index in [0.29, 0.717) is 11.3 Å². The highest BCUT2D eigenvalue weighted by atomic mass is 35.5. The van der Waals surface area contributed by atoms with Crippen LogP contribution in [0.25, 0.3) is 6.08 Å². The second kappa shape index (κ2) is 6.89. The van der Waals surface area contributed by atoms with E-state index >= 15 is 0 Å². The Morgan fingerprint density at radius 3 is 2.44 bits per heavy atom. The SMILES string of the molecule is Nc1ccc(C#Cc2cc(Cl)cc3c2OC(C(F)(F)F)C(C(=O)O)=C3)cc1. The first kappa shape index (κ1) is 18.7. The number of hydrogen-bond acceptors (Lipinski definition) is 3. The third-order valence-corrected chi connectivity index (χ3v) is 3.93. The Morgan fingerprint density at radius 1 is 1.19 bits per heavy atom. The van der Waals surface area contributed by atoms with Crippen molar-refractivity contribution >= 4 is 29.3 Å². The van der Waals surface area contributed by atoms with Gasteiger partial charge in [-0.1, -0.05) is 23.4 Å². The molecule has 3 N–H and O–H groups in total. The molecule has 0 spiro atoms. The van der Waals surface area contributed by atoms with Crippen molar-refractivity contribution in [2.24, 2.45) is 0 Å². The number of rotatable bonds is 1. The lowest BCUT2D eigenvalue weighted by atomic mass is 9.98. The number of carboxylic acid groups (broad SMARTS) is 1. The van der Waals surface area contributed by atoms with E-state index in [0.717, 1.165) is 6.08 Å². The molecular formula is C19H11ClF3NO3. The molecule has 1 heterocycles. The van der Waals surface area contributed by atoms with Crippen LogP contribution in [0.4, 0.5) is 18.9 Å². The average molecular weight is 394 g/mol. The van der Waals surface area contributed by atoms with Crippen molar-refractivity contribution in [1.29, 1.82) is 0 Å². The number of halogens is 4. The maximum atomic E-state index is 13.2. The van der Waals surface area contributed by atoms with E-state index in [9.17, 15) is 18.0 Å². The number of carbonyl (C=O) groups is 1. The van der Waals surface area contributed by atoms with Gasteiger partial charge in [0.2, 0.25) is 6.10 Å². The first-order valence-corrected chi connectivity index (χ1v) is 7.92. The summed E-state index contributed by atoms with van der Waals surface area (Å²) in [6, 6.07) is 9.26. The number of carboxylic acids is 1. The van der Waals surface area contributed by atoms with Crippen molar-refractivity contribution in [2.45, 2.75) is 12.3 Å². The number of ether oxygens (including phenoxy) is 1. The molecule has 8 heteroatoms. The van der Waals surface area contributed by atoms with Crippen molar-refractivity contribution in [3.05, 3.63) is 63.7 Å². The first-order valence-electron chi connectivity index (χ1n) is 7.54. The molecule has 2 aromatic carbocycles. The van der Waals surface area contributed by atoms with E-state index in [1.54, 1.807) is 24.3 Å². The number of benzene rings is 2. The number of fused-ring (bicyclic) bond motifs is 1. The van der Waals surface area contributed by atoms with Crippen LogP contribution < -0.4 is 10.5 Å². The first-order chi connectivity index (χ1) is 12.6. The van der Waals surface area contributed by atoms with Gasteiger partial charge in [-0.2, -0.15) is 13.2 Å². The van der Waals surface area contributed by atoms with Crippen LogP contribution in [0.3, 0.4) is 0 Å². The van der Waals surface area contributed by atoms with E-state index < -0.39 is 23.8 Å². The molecule has 0 amide bonds. The zero-order valence-electron chi connectivity index (χ0n) is 13.5. The van der Waals surface area contributed by atoms with Crippen LogP contribution >= 0.6 is 11.6 Å². The molecular weight excluding hydrogens is 383 g/mol.